The zero-order chi connectivity index (χ0) is 39.4. The van der Waals surface area contributed by atoms with Crippen LogP contribution in [0, 0.1) is 52.3 Å². The van der Waals surface area contributed by atoms with E-state index in [1.165, 1.54) is 83.5 Å². The predicted octanol–water partition coefficient (Wildman–Crippen LogP) is 8.59. The fraction of sp³-hybridized carbons (Fsp3) is 0.872. The van der Waals surface area contributed by atoms with Gasteiger partial charge in [0.15, 0.2) is 11.5 Å². The van der Waals surface area contributed by atoms with Gasteiger partial charge in [0.2, 0.25) is 0 Å². The Bertz CT molecular complexity index is 1280. The van der Waals surface area contributed by atoms with Crippen molar-refractivity contribution in [3.63, 3.8) is 0 Å². The Morgan fingerprint density at radius 3 is 1.98 bits per heavy atom. The van der Waals surface area contributed by atoms with Crippen LogP contribution in [-0.2, 0) is 6.54 Å². The maximum atomic E-state index is 11.9. The van der Waals surface area contributed by atoms with Crippen LogP contribution in [0.1, 0.15) is 136 Å². The second-order valence-electron chi connectivity index (χ2n) is 19.4. The summed E-state index contributed by atoms with van der Waals surface area (Å²) in [6.45, 7) is 19.7. The Labute approximate surface area is 337 Å². The van der Waals surface area contributed by atoms with Crippen molar-refractivity contribution >= 4 is 0 Å². The fourth-order valence-electron chi connectivity index (χ4n) is 12.5. The molecule has 4 aliphatic carbocycles. The monoisotopic (exact) mass is 769 g/mol. The van der Waals surface area contributed by atoms with Crippen molar-refractivity contribution in [3.05, 3.63) is 17.7 Å². The molecule has 0 heterocycles. The molecule has 4 aliphatic rings. The summed E-state index contributed by atoms with van der Waals surface area (Å²) in [6.07, 6.45) is 19.2. The number of aliphatic hydroxyl groups is 1. The Kier molecular flexibility index (Phi) is 17.3. The molecule has 1 aromatic rings. The molecular formula is C47H84N4O4. The van der Waals surface area contributed by atoms with Crippen LogP contribution in [0.5, 0.6) is 17.2 Å². The van der Waals surface area contributed by atoms with Crippen LogP contribution in [0.15, 0.2) is 12.1 Å². The first-order valence-corrected chi connectivity index (χ1v) is 22.9. The number of methoxy groups -OCH3 is 3. The molecule has 4 saturated carbocycles. The molecule has 316 valence electrons. The molecule has 8 nitrogen and oxygen atoms in total. The molecule has 0 bridgehead atoms. The SMILES string of the molecule is COc1cc(OC)c(OC)cc1CNCCCNCCCCNCCCN[C@H]1CC[C@]2(C)C3CC[C@@]4(C)C(CC[C@@H]4[C@H](C)CCCC(C)C)C3[C@@H](O)C[C@@H]2C1. The quantitative estimate of drug-likeness (QED) is 0.0668. The first kappa shape index (κ1) is 44.5. The van der Waals surface area contributed by atoms with Gasteiger partial charge < -0.3 is 40.6 Å². The summed E-state index contributed by atoms with van der Waals surface area (Å²) in [5, 5.41) is 26.6. The lowest BCUT2D eigenvalue weighted by molar-refractivity contribution is -0.167. The molecule has 4 fully saturated rings. The molecular weight excluding hydrogens is 685 g/mol. The summed E-state index contributed by atoms with van der Waals surface area (Å²) in [5.74, 6) is 7.37. The molecule has 55 heavy (non-hydrogen) atoms. The average Bonchev–Trinajstić information content (AvgIpc) is 3.53. The van der Waals surface area contributed by atoms with Crippen molar-refractivity contribution in [2.24, 2.45) is 52.3 Å². The van der Waals surface area contributed by atoms with Crippen LogP contribution >= 0.6 is 0 Å². The van der Waals surface area contributed by atoms with Gasteiger partial charge in [0.05, 0.1) is 27.4 Å². The third-order valence-electron chi connectivity index (χ3n) is 15.6. The Morgan fingerprint density at radius 2 is 1.29 bits per heavy atom. The number of fused-ring (bicyclic) bond motifs is 5. The Hall–Kier alpha value is -1.58. The Morgan fingerprint density at radius 1 is 0.673 bits per heavy atom. The first-order chi connectivity index (χ1) is 26.5. The van der Waals surface area contributed by atoms with E-state index in [2.05, 4.69) is 55.9 Å². The van der Waals surface area contributed by atoms with Crippen molar-refractivity contribution in [2.45, 2.75) is 150 Å². The van der Waals surface area contributed by atoms with E-state index < -0.39 is 0 Å². The van der Waals surface area contributed by atoms with Crippen LogP contribution in [0.4, 0.5) is 0 Å². The molecule has 0 aliphatic heterocycles. The van der Waals surface area contributed by atoms with Crippen LogP contribution in [-0.4, -0.2) is 77.9 Å². The van der Waals surface area contributed by atoms with Gasteiger partial charge in [-0.3, -0.25) is 0 Å². The van der Waals surface area contributed by atoms with E-state index in [1.807, 2.05) is 12.1 Å². The molecule has 0 aromatic heterocycles. The number of benzene rings is 1. The van der Waals surface area contributed by atoms with Crippen molar-refractivity contribution in [3.8, 4) is 17.2 Å². The molecule has 8 heteroatoms. The summed E-state index contributed by atoms with van der Waals surface area (Å²) in [4.78, 5) is 0. The summed E-state index contributed by atoms with van der Waals surface area (Å²) < 4.78 is 16.4. The third kappa shape index (κ3) is 11.1. The van der Waals surface area contributed by atoms with Crippen molar-refractivity contribution in [2.75, 3.05) is 60.6 Å². The van der Waals surface area contributed by atoms with Crippen LogP contribution < -0.4 is 35.5 Å². The second-order valence-corrected chi connectivity index (χ2v) is 19.4. The van der Waals surface area contributed by atoms with E-state index in [4.69, 9.17) is 14.2 Å². The molecule has 5 rings (SSSR count). The molecule has 10 atom stereocenters. The number of rotatable bonds is 24. The van der Waals surface area contributed by atoms with E-state index in [9.17, 15) is 5.11 Å². The molecule has 0 saturated heterocycles. The lowest BCUT2D eigenvalue weighted by Gasteiger charge is -2.62. The minimum absolute atomic E-state index is 0.0934. The maximum Gasteiger partial charge on any atom is 0.164 e. The third-order valence-corrected chi connectivity index (χ3v) is 15.6. The van der Waals surface area contributed by atoms with Gasteiger partial charge in [0, 0.05) is 24.2 Å². The number of unbranched alkanes of at least 4 members (excludes halogenated alkanes) is 1. The highest BCUT2D eigenvalue weighted by Crippen LogP contribution is 2.68. The van der Waals surface area contributed by atoms with Crippen LogP contribution in [0.2, 0.25) is 0 Å². The molecule has 0 radical (unpaired) electrons. The highest BCUT2D eigenvalue weighted by molar-refractivity contribution is 5.50. The van der Waals surface area contributed by atoms with E-state index in [0.29, 0.717) is 34.5 Å². The summed E-state index contributed by atoms with van der Waals surface area (Å²) in [5.41, 5.74) is 1.92. The summed E-state index contributed by atoms with van der Waals surface area (Å²) >= 11 is 0. The van der Waals surface area contributed by atoms with E-state index in [1.54, 1.807) is 21.3 Å². The smallest absolute Gasteiger partial charge is 0.164 e. The fourth-order valence-corrected chi connectivity index (χ4v) is 12.5. The summed E-state index contributed by atoms with van der Waals surface area (Å²) in [6, 6.07) is 4.49. The first-order valence-electron chi connectivity index (χ1n) is 22.9. The zero-order valence-corrected chi connectivity index (χ0v) is 36.6. The van der Waals surface area contributed by atoms with Gasteiger partial charge in [-0.15, -0.1) is 0 Å². The van der Waals surface area contributed by atoms with Gasteiger partial charge in [0.1, 0.15) is 5.75 Å². The highest BCUT2D eigenvalue weighted by Gasteiger charge is 2.62. The van der Waals surface area contributed by atoms with Gasteiger partial charge in [-0.25, -0.2) is 0 Å². The number of nitrogens with one attached hydrogen (secondary N) is 4. The number of ether oxygens (including phenoxy) is 3. The highest BCUT2D eigenvalue weighted by atomic mass is 16.5. The summed E-state index contributed by atoms with van der Waals surface area (Å²) in [7, 11) is 4.99. The van der Waals surface area contributed by atoms with Gasteiger partial charge >= 0.3 is 0 Å². The number of aliphatic hydroxyl groups excluding tert-OH is 1. The maximum absolute atomic E-state index is 11.9. The molecule has 0 spiro atoms. The Balaban J connectivity index is 0.899. The topological polar surface area (TPSA) is 96.0 Å². The second kappa shape index (κ2) is 21.4. The molecule has 3 unspecified atom stereocenters. The minimum atomic E-state index is -0.0934. The number of hydrogen-bond donors (Lipinski definition) is 5. The van der Waals surface area contributed by atoms with Gasteiger partial charge in [-0.2, -0.15) is 0 Å². The molecule has 1 aromatic carbocycles. The van der Waals surface area contributed by atoms with Gasteiger partial charge in [0.25, 0.3) is 0 Å². The van der Waals surface area contributed by atoms with Crippen LogP contribution in [0.25, 0.3) is 0 Å². The van der Waals surface area contributed by atoms with Crippen molar-refractivity contribution in [1.82, 2.24) is 21.3 Å². The molecule has 0 amide bonds. The van der Waals surface area contributed by atoms with E-state index in [-0.39, 0.29) is 6.10 Å². The number of hydrogen-bond acceptors (Lipinski definition) is 8. The van der Waals surface area contributed by atoms with Gasteiger partial charge in [-0.1, -0.05) is 53.9 Å². The van der Waals surface area contributed by atoms with Crippen molar-refractivity contribution < 1.29 is 19.3 Å². The predicted molar refractivity (Wildman–Crippen MR) is 228 cm³/mol. The van der Waals surface area contributed by atoms with E-state index >= 15 is 0 Å². The normalized spacial score (nSPS) is 32.1. The minimum Gasteiger partial charge on any atom is -0.496 e. The van der Waals surface area contributed by atoms with Crippen LogP contribution in [0.3, 0.4) is 0 Å². The average molecular weight is 769 g/mol. The lowest BCUT2D eigenvalue weighted by atomic mass is 9.43. The standard InChI is InChI=1S/C47H84N4O4/c1-33(2)14-11-15-34(3)38-16-17-39-45-40(19-21-47(38,39)5)46(4)20-18-37(29-36(46)30-41(45)52)51-27-13-25-49-23-10-9-22-48-24-12-26-50-32-35-28-43(54-7)44(55-8)31-42(35)53-6/h28,31,33-34,36-41,45,48-52H,9-27,29-30,32H2,1-8H3/t34-,36+,37+,38-,39?,40?,41+,45?,46+,47-/m1/s1. The van der Waals surface area contributed by atoms with E-state index in [0.717, 1.165) is 105 Å². The lowest BCUT2D eigenvalue weighted by Crippen LogP contribution is -2.59. The van der Waals surface area contributed by atoms with Crippen molar-refractivity contribution in [1.29, 1.82) is 0 Å². The zero-order valence-electron chi connectivity index (χ0n) is 36.6. The largest absolute Gasteiger partial charge is 0.496 e. The van der Waals surface area contributed by atoms with Gasteiger partial charge in [-0.05, 0) is 175 Å². The molecule has 5 N–H and O–H groups in total.